The van der Waals surface area contributed by atoms with Crippen LogP contribution in [0.1, 0.15) is 17.9 Å². The van der Waals surface area contributed by atoms with Gasteiger partial charge < -0.3 is 19.7 Å². The minimum atomic E-state index is -2.86. The number of imidazole rings is 1. The van der Waals surface area contributed by atoms with Crippen LogP contribution in [-0.4, -0.2) is 62.9 Å². The summed E-state index contributed by atoms with van der Waals surface area (Å²) in [5.74, 6) is 0.540. The van der Waals surface area contributed by atoms with Crippen LogP contribution in [0.4, 0.5) is 20.7 Å². The van der Waals surface area contributed by atoms with Gasteiger partial charge in [0.15, 0.2) is 5.82 Å². The zero-order valence-electron chi connectivity index (χ0n) is 18.4. The number of morpholine rings is 1. The highest BCUT2D eigenvalue weighted by Crippen LogP contribution is 2.32. The molecule has 4 aromatic rings. The van der Waals surface area contributed by atoms with Crippen molar-refractivity contribution in [3.05, 3.63) is 54.1 Å². The number of aromatic nitrogens is 6. The quantitative estimate of drug-likeness (QED) is 0.438. The van der Waals surface area contributed by atoms with E-state index in [9.17, 15) is 8.78 Å². The fourth-order valence-electron chi connectivity index (χ4n) is 3.72. The Balaban J connectivity index is 1.63. The molecular formula is C22H22F2N8O2. The molecule has 1 aromatic carbocycles. The molecule has 3 aromatic heterocycles. The molecule has 0 atom stereocenters. The molecule has 176 valence electrons. The third-order valence-electron chi connectivity index (χ3n) is 5.35. The number of hydrogen-bond acceptors (Lipinski definition) is 9. The lowest BCUT2D eigenvalue weighted by molar-refractivity contribution is 0.122. The highest BCUT2D eigenvalue weighted by Gasteiger charge is 2.25. The summed E-state index contributed by atoms with van der Waals surface area (Å²) in [6, 6.07) is 10.6. The Morgan fingerprint density at radius 1 is 1.03 bits per heavy atom. The second-order valence-electron chi connectivity index (χ2n) is 7.47. The van der Waals surface area contributed by atoms with Gasteiger partial charge in [-0.15, -0.1) is 0 Å². The number of ether oxygens (including phenoxy) is 2. The van der Waals surface area contributed by atoms with Gasteiger partial charge in [-0.1, -0.05) is 12.1 Å². The molecule has 0 aliphatic carbocycles. The number of nitrogens with zero attached hydrogens (tertiary/aromatic N) is 7. The lowest BCUT2D eigenvalue weighted by Gasteiger charge is -2.27. The van der Waals surface area contributed by atoms with E-state index >= 15 is 0 Å². The van der Waals surface area contributed by atoms with E-state index in [4.69, 9.17) is 9.47 Å². The Morgan fingerprint density at radius 3 is 2.59 bits per heavy atom. The van der Waals surface area contributed by atoms with Crippen LogP contribution < -0.4 is 15.0 Å². The van der Waals surface area contributed by atoms with E-state index in [2.05, 4.69) is 30.2 Å². The molecule has 1 saturated heterocycles. The van der Waals surface area contributed by atoms with Gasteiger partial charge >= 0.3 is 0 Å². The summed E-state index contributed by atoms with van der Waals surface area (Å²) in [6.45, 7) is 2.54. The average molecular weight is 468 g/mol. The molecule has 0 spiro atoms. The van der Waals surface area contributed by atoms with Crippen molar-refractivity contribution in [2.45, 2.75) is 13.0 Å². The maximum absolute atomic E-state index is 14.1. The van der Waals surface area contributed by atoms with Gasteiger partial charge in [-0.25, -0.2) is 13.8 Å². The Bertz CT molecular complexity index is 1280. The van der Waals surface area contributed by atoms with Crippen molar-refractivity contribution < 1.29 is 18.3 Å². The molecule has 5 rings (SSSR count). The highest BCUT2D eigenvalue weighted by molar-refractivity contribution is 5.84. The van der Waals surface area contributed by atoms with Gasteiger partial charge in [0.1, 0.15) is 11.3 Å². The first kappa shape index (κ1) is 21.9. The lowest BCUT2D eigenvalue weighted by atomic mass is 10.3. The summed E-state index contributed by atoms with van der Waals surface area (Å²) in [4.78, 5) is 23.9. The van der Waals surface area contributed by atoms with E-state index in [-0.39, 0.29) is 11.9 Å². The van der Waals surface area contributed by atoms with Crippen molar-refractivity contribution in [3.63, 3.8) is 0 Å². The zero-order valence-corrected chi connectivity index (χ0v) is 18.4. The predicted molar refractivity (Wildman–Crippen MR) is 121 cm³/mol. The third-order valence-corrected chi connectivity index (χ3v) is 5.35. The van der Waals surface area contributed by atoms with Crippen molar-refractivity contribution in [1.29, 1.82) is 0 Å². The topological polar surface area (TPSA) is 103 Å². The van der Waals surface area contributed by atoms with Crippen LogP contribution in [0.5, 0.6) is 5.75 Å². The minimum absolute atomic E-state index is 0.0334. The van der Waals surface area contributed by atoms with E-state index in [0.717, 1.165) is 5.69 Å². The molecular weight excluding hydrogens is 446 g/mol. The van der Waals surface area contributed by atoms with Gasteiger partial charge in [-0.2, -0.15) is 15.0 Å². The van der Waals surface area contributed by atoms with Crippen molar-refractivity contribution in [2.75, 3.05) is 43.6 Å². The fraction of sp³-hybridized carbons (Fsp3) is 0.318. The van der Waals surface area contributed by atoms with Crippen LogP contribution in [-0.2, 0) is 11.3 Å². The number of pyridine rings is 1. The number of fused-ring (bicyclic) bond motifs is 1. The standard InChI is InChI=1S/C22H22F2N8O2/c1-33-16-7-4-6-15-17(16)27-19(18(23)24)32(15)22-29-20(26-13-14-5-2-3-8-25-14)28-21(30-22)31-9-11-34-12-10-31/h2-8,18H,9-13H2,1H3,(H,26,28,29,30). The maximum Gasteiger partial charge on any atom is 0.296 e. The summed E-state index contributed by atoms with van der Waals surface area (Å²) < 4.78 is 40.1. The van der Waals surface area contributed by atoms with Crippen LogP contribution >= 0.6 is 0 Å². The molecule has 1 N–H and O–H groups in total. The summed E-state index contributed by atoms with van der Waals surface area (Å²) >= 11 is 0. The second kappa shape index (κ2) is 9.51. The molecule has 10 nitrogen and oxygen atoms in total. The molecule has 0 bridgehead atoms. The van der Waals surface area contributed by atoms with Crippen molar-refractivity contribution >= 4 is 22.9 Å². The predicted octanol–water partition coefficient (Wildman–Crippen LogP) is 3.00. The first-order valence-electron chi connectivity index (χ1n) is 10.7. The van der Waals surface area contributed by atoms with Gasteiger partial charge in [-0.05, 0) is 24.3 Å². The molecule has 1 aliphatic rings. The Labute approximate surface area is 193 Å². The summed E-state index contributed by atoms with van der Waals surface area (Å²) in [7, 11) is 1.47. The third kappa shape index (κ3) is 4.31. The van der Waals surface area contributed by atoms with E-state index in [1.54, 1.807) is 24.4 Å². The normalized spacial score (nSPS) is 14.1. The number of rotatable bonds is 7. The number of benzene rings is 1. The SMILES string of the molecule is COc1cccc2c1nc(C(F)F)n2-c1nc(NCc2ccccn2)nc(N2CCOCC2)n1. The van der Waals surface area contributed by atoms with Crippen molar-refractivity contribution in [3.8, 4) is 11.7 Å². The minimum Gasteiger partial charge on any atom is -0.494 e. The first-order chi connectivity index (χ1) is 16.6. The summed E-state index contributed by atoms with van der Waals surface area (Å²) in [5.41, 5.74) is 1.49. The maximum atomic E-state index is 14.1. The summed E-state index contributed by atoms with van der Waals surface area (Å²) in [5, 5.41) is 3.13. The fourth-order valence-corrected chi connectivity index (χ4v) is 3.72. The number of nitrogens with one attached hydrogen (secondary N) is 1. The Morgan fingerprint density at radius 2 is 1.85 bits per heavy atom. The number of para-hydroxylation sites is 1. The van der Waals surface area contributed by atoms with Gasteiger partial charge in [0.2, 0.25) is 17.8 Å². The number of halogens is 2. The largest absolute Gasteiger partial charge is 0.494 e. The molecule has 0 amide bonds. The molecule has 12 heteroatoms. The zero-order chi connectivity index (χ0) is 23.5. The van der Waals surface area contributed by atoms with Gasteiger partial charge in [0.25, 0.3) is 6.43 Å². The molecule has 0 radical (unpaired) electrons. The molecule has 34 heavy (non-hydrogen) atoms. The summed E-state index contributed by atoms with van der Waals surface area (Å²) in [6.07, 6.45) is -1.17. The first-order valence-corrected chi connectivity index (χ1v) is 10.7. The van der Waals surface area contributed by atoms with Crippen molar-refractivity contribution in [2.24, 2.45) is 0 Å². The van der Waals surface area contributed by atoms with Crippen molar-refractivity contribution in [1.82, 2.24) is 29.5 Å². The molecule has 0 saturated carbocycles. The van der Waals surface area contributed by atoms with Crippen LogP contribution in [0.15, 0.2) is 42.6 Å². The second-order valence-corrected chi connectivity index (χ2v) is 7.47. The van der Waals surface area contributed by atoms with E-state index in [0.29, 0.717) is 55.6 Å². The van der Waals surface area contributed by atoms with Crippen LogP contribution in [0.2, 0.25) is 0 Å². The van der Waals surface area contributed by atoms with Gasteiger partial charge in [0, 0.05) is 19.3 Å². The lowest BCUT2D eigenvalue weighted by Crippen LogP contribution is -2.37. The van der Waals surface area contributed by atoms with E-state index < -0.39 is 12.2 Å². The smallest absolute Gasteiger partial charge is 0.296 e. The number of anilines is 2. The van der Waals surface area contributed by atoms with Crippen LogP contribution in [0.25, 0.3) is 17.0 Å². The number of hydrogen-bond donors (Lipinski definition) is 1. The Kier molecular flexibility index (Phi) is 6.12. The van der Waals surface area contributed by atoms with E-state index in [1.807, 2.05) is 23.1 Å². The molecule has 4 heterocycles. The highest BCUT2D eigenvalue weighted by atomic mass is 19.3. The van der Waals surface area contributed by atoms with Crippen LogP contribution in [0.3, 0.4) is 0 Å². The van der Waals surface area contributed by atoms with Crippen LogP contribution in [0, 0.1) is 0 Å². The monoisotopic (exact) mass is 468 g/mol. The van der Waals surface area contributed by atoms with Gasteiger partial charge in [0.05, 0.1) is 38.1 Å². The average Bonchev–Trinajstić information content (AvgIpc) is 3.29. The number of alkyl halides is 2. The van der Waals surface area contributed by atoms with Gasteiger partial charge in [-0.3, -0.25) is 9.55 Å². The number of methoxy groups -OCH3 is 1. The van der Waals surface area contributed by atoms with E-state index in [1.165, 1.54) is 11.7 Å². The molecule has 1 aliphatic heterocycles. The Hall–Kier alpha value is -3.93. The molecule has 0 unspecified atom stereocenters. The molecule has 1 fully saturated rings.